The van der Waals surface area contributed by atoms with E-state index in [0.717, 1.165) is 16.4 Å². The number of carbonyl (C=O) groups excluding carboxylic acids is 1. The average Bonchev–Trinajstić information content (AvgIpc) is 2.54. The van der Waals surface area contributed by atoms with Gasteiger partial charge in [-0.2, -0.15) is 17.5 Å². The number of rotatable bonds is 4. The van der Waals surface area contributed by atoms with Crippen molar-refractivity contribution in [2.75, 3.05) is 38.7 Å². The number of morpholine rings is 1. The number of halogens is 3. The molecule has 0 bridgehead atoms. The summed E-state index contributed by atoms with van der Waals surface area (Å²) >= 11 is 0. The maximum absolute atomic E-state index is 12.7. The van der Waals surface area contributed by atoms with Gasteiger partial charge in [0.05, 0.1) is 20.3 Å². The van der Waals surface area contributed by atoms with E-state index in [1.165, 1.54) is 13.2 Å². The van der Waals surface area contributed by atoms with Crippen LogP contribution in [-0.4, -0.2) is 58.2 Å². The summed E-state index contributed by atoms with van der Waals surface area (Å²) in [7, 11) is -2.77. The Kier molecular flexibility index (Phi) is 5.35. The summed E-state index contributed by atoms with van der Waals surface area (Å²) in [6, 6.07) is 3.24. The third-order valence-electron chi connectivity index (χ3n) is 3.27. The zero-order valence-electron chi connectivity index (χ0n) is 12.6. The van der Waals surface area contributed by atoms with Crippen LogP contribution in [0.5, 0.6) is 5.75 Å². The fourth-order valence-electron chi connectivity index (χ4n) is 2.08. The molecule has 1 aromatic carbocycles. The lowest BCUT2D eigenvalue weighted by atomic mass is 10.3. The van der Waals surface area contributed by atoms with Gasteiger partial charge >= 0.3 is 12.1 Å². The number of alkyl halides is 3. The average molecular weight is 368 g/mol. The molecular weight excluding hydrogens is 353 g/mol. The van der Waals surface area contributed by atoms with Crippen LogP contribution in [0.2, 0.25) is 0 Å². The fourth-order valence-corrected chi connectivity index (χ4v) is 3.67. The van der Waals surface area contributed by atoms with Crippen molar-refractivity contribution in [3.05, 3.63) is 18.2 Å². The zero-order valence-corrected chi connectivity index (χ0v) is 13.4. The second kappa shape index (κ2) is 6.95. The molecule has 134 valence electrons. The predicted molar refractivity (Wildman–Crippen MR) is 77.3 cm³/mol. The summed E-state index contributed by atoms with van der Waals surface area (Å²) < 4.78 is 73.5. The van der Waals surface area contributed by atoms with Crippen LogP contribution in [0.25, 0.3) is 0 Å². The minimum absolute atomic E-state index is 0.0356. The molecule has 24 heavy (non-hydrogen) atoms. The Morgan fingerprint density at radius 2 is 1.92 bits per heavy atom. The highest BCUT2D eigenvalue weighted by Gasteiger charge is 2.39. The van der Waals surface area contributed by atoms with Gasteiger partial charge in [0.25, 0.3) is 0 Å². The van der Waals surface area contributed by atoms with Crippen LogP contribution in [0.4, 0.5) is 18.9 Å². The second-order valence-corrected chi connectivity index (χ2v) is 6.74. The van der Waals surface area contributed by atoms with Crippen LogP contribution in [0.3, 0.4) is 0 Å². The van der Waals surface area contributed by atoms with Crippen LogP contribution in [0, 0.1) is 0 Å². The van der Waals surface area contributed by atoms with E-state index >= 15 is 0 Å². The van der Waals surface area contributed by atoms with Crippen LogP contribution < -0.4 is 10.1 Å². The highest BCUT2D eigenvalue weighted by molar-refractivity contribution is 7.89. The van der Waals surface area contributed by atoms with Gasteiger partial charge in [-0.25, -0.2) is 8.42 Å². The van der Waals surface area contributed by atoms with E-state index in [2.05, 4.69) is 0 Å². The monoisotopic (exact) mass is 368 g/mol. The fraction of sp³-hybridized carbons (Fsp3) is 0.462. The highest BCUT2D eigenvalue weighted by atomic mass is 32.2. The number of methoxy groups -OCH3 is 1. The Labute approximate surface area is 136 Å². The smallest absolute Gasteiger partial charge is 0.471 e. The summed E-state index contributed by atoms with van der Waals surface area (Å²) in [6.07, 6.45) is -5.08. The van der Waals surface area contributed by atoms with Gasteiger partial charge in [-0.05, 0) is 18.2 Å². The van der Waals surface area contributed by atoms with Crippen molar-refractivity contribution in [2.45, 2.75) is 11.1 Å². The lowest BCUT2D eigenvalue weighted by molar-refractivity contribution is -0.167. The Bertz CT molecular complexity index is 715. The normalized spacial score (nSPS) is 16.7. The largest absolute Gasteiger partial charge is 0.495 e. The number of benzene rings is 1. The first kappa shape index (κ1) is 18.5. The van der Waals surface area contributed by atoms with E-state index in [1.807, 2.05) is 0 Å². The quantitative estimate of drug-likeness (QED) is 0.864. The molecule has 11 heteroatoms. The zero-order chi connectivity index (χ0) is 18.0. The van der Waals surface area contributed by atoms with Crippen LogP contribution in [0.1, 0.15) is 0 Å². The van der Waals surface area contributed by atoms with Crippen molar-refractivity contribution in [3.8, 4) is 5.75 Å². The van der Waals surface area contributed by atoms with Gasteiger partial charge < -0.3 is 14.8 Å². The molecule has 0 atom stereocenters. The molecule has 0 spiro atoms. The van der Waals surface area contributed by atoms with E-state index in [9.17, 15) is 26.4 Å². The molecule has 1 heterocycles. The molecule has 1 N–H and O–H groups in total. The predicted octanol–water partition coefficient (Wildman–Crippen LogP) is 1.22. The number of nitrogens with one attached hydrogen (secondary N) is 1. The van der Waals surface area contributed by atoms with Crippen molar-refractivity contribution in [3.63, 3.8) is 0 Å². The van der Waals surface area contributed by atoms with E-state index < -0.39 is 22.1 Å². The molecule has 7 nitrogen and oxygen atoms in total. The topological polar surface area (TPSA) is 84.9 Å². The highest BCUT2D eigenvalue weighted by Crippen LogP contribution is 2.30. The standard InChI is InChI=1S/C13H15F3N2O5S/c1-22-10-3-2-9(17-12(19)13(14,15)16)8-11(10)24(20,21)18-4-6-23-7-5-18/h2-3,8H,4-7H2,1H3,(H,17,19). The maximum atomic E-state index is 12.7. The molecule has 2 rings (SSSR count). The number of nitrogens with zero attached hydrogens (tertiary/aromatic N) is 1. The molecule has 1 amide bonds. The summed E-state index contributed by atoms with van der Waals surface area (Å²) in [5.41, 5.74) is -0.301. The van der Waals surface area contributed by atoms with Crippen molar-refractivity contribution in [2.24, 2.45) is 0 Å². The molecule has 0 unspecified atom stereocenters. The number of hydrogen-bond donors (Lipinski definition) is 1. The molecule has 1 aliphatic heterocycles. The molecule has 0 radical (unpaired) electrons. The Balaban J connectivity index is 2.37. The number of sulfonamides is 1. The molecule has 0 saturated carbocycles. The minimum Gasteiger partial charge on any atom is -0.495 e. The lowest BCUT2D eigenvalue weighted by Crippen LogP contribution is -2.40. The molecular formula is C13H15F3N2O5S. The van der Waals surface area contributed by atoms with Gasteiger partial charge in [0.2, 0.25) is 10.0 Å². The van der Waals surface area contributed by atoms with E-state index in [4.69, 9.17) is 9.47 Å². The number of carbonyl (C=O) groups is 1. The number of amides is 1. The molecule has 0 aromatic heterocycles. The van der Waals surface area contributed by atoms with Crippen molar-refractivity contribution >= 4 is 21.6 Å². The number of hydrogen-bond acceptors (Lipinski definition) is 5. The van der Waals surface area contributed by atoms with Crippen LogP contribution >= 0.6 is 0 Å². The Hall–Kier alpha value is -1.85. The first-order chi connectivity index (χ1) is 11.2. The van der Waals surface area contributed by atoms with E-state index in [1.54, 1.807) is 5.32 Å². The SMILES string of the molecule is COc1ccc(NC(=O)C(F)(F)F)cc1S(=O)(=O)N1CCOCC1. The number of ether oxygens (including phenoxy) is 2. The molecule has 1 fully saturated rings. The minimum atomic E-state index is -5.08. The Morgan fingerprint density at radius 1 is 1.29 bits per heavy atom. The van der Waals surface area contributed by atoms with Gasteiger partial charge in [0, 0.05) is 18.8 Å². The van der Waals surface area contributed by atoms with Gasteiger partial charge in [-0.3, -0.25) is 4.79 Å². The van der Waals surface area contributed by atoms with Gasteiger partial charge in [-0.1, -0.05) is 0 Å². The molecule has 1 saturated heterocycles. The number of anilines is 1. The first-order valence-electron chi connectivity index (χ1n) is 6.80. The Morgan fingerprint density at radius 3 is 2.46 bits per heavy atom. The van der Waals surface area contributed by atoms with Gasteiger partial charge in [0.1, 0.15) is 10.6 Å². The third-order valence-corrected chi connectivity index (χ3v) is 5.19. The molecule has 1 aliphatic rings. The molecule has 0 aliphatic carbocycles. The summed E-state index contributed by atoms with van der Waals surface area (Å²) in [5, 5.41) is 1.62. The van der Waals surface area contributed by atoms with E-state index in [-0.39, 0.29) is 42.6 Å². The first-order valence-corrected chi connectivity index (χ1v) is 8.24. The molecule has 1 aromatic rings. The lowest BCUT2D eigenvalue weighted by Gasteiger charge is -2.26. The van der Waals surface area contributed by atoms with Gasteiger partial charge in [-0.15, -0.1) is 0 Å². The summed E-state index contributed by atoms with van der Waals surface area (Å²) in [5.74, 6) is -2.23. The van der Waals surface area contributed by atoms with Crippen LogP contribution in [0.15, 0.2) is 23.1 Å². The maximum Gasteiger partial charge on any atom is 0.471 e. The second-order valence-electron chi connectivity index (χ2n) is 4.83. The van der Waals surface area contributed by atoms with E-state index in [0.29, 0.717) is 0 Å². The summed E-state index contributed by atoms with van der Waals surface area (Å²) in [6.45, 7) is 0.660. The van der Waals surface area contributed by atoms with Crippen molar-refractivity contribution in [1.82, 2.24) is 4.31 Å². The third kappa shape index (κ3) is 3.97. The van der Waals surface area contributed by atoms with Crippen molar-refractivity contribution < 1.29 is 35.9 Å². The summed E-state index contributed by atoms with van der Waals surface area (Å²) in [4.78, 5) is 10.7. The van der Waals surface area contributed by atoms with Crippen LogP contribution in [-0.2, 0) is 19.6 Å². The van der Waals surface area contributed by atoms with Gasteiger partial charge in [0.15, 0.2) is 0 Å². The van der Waals surface area contributed by atoms with Crippen molar-refractivity contribution in [1.29, 1.82) is 0 Å².